The van der Waals surface area contributed by atoms with Gasteiger partial charge in [0.2, 0.25) is 0 Å². The van der Waals surface area contributed by atoms with Gasteiger partial charge in [0.1, 0.15) is 0 Å². The summed E-state index contributed by atoms with van der Waals surface area (Å²) in [5, 5.41) is 1.16. The second-order valence-corrected chi connectivity index (χ2v) is 7.15. The van der Waals surface area contributed by atoms with Crippen molar-refractivity contribution in [1.29, 1.82) is 0 Å². The molecule has 108 valence electrons. The lowest BCUT2D eigenvalue weighted by atomic mass is 9.89. The monoisotopic (exact) mass is 289 g/mol. The van der Waals surface area contributed by atoms with Crippen molar-refractivity contribution in [1.82, 2.24) is 4.98 Å². The zero-order chi connectivity index (χ0) is 14.1. The predicted molar refractivity (Wildman–Crippen MR) is 88.4 cm³/mol. The van der Waals surface area contributed by atoms with E-state index in [4.69, 9.17) is 10.7 Å². The van der Waals surface area contributed by atoms with Crippen molar-refractivity contribution in [3.63, 3.8) is 0 Å². The molecule has 1 saturated heterocycles. The number of rotatable bonds is 2. The van der Waals surface area contributed by atoms with Gasteiger partial charge in [0.25, 0.3) is 0 Å². The Morgan fingerprint density at radius 3 is 2.95 bits per heavy atom. The van der Waals surface area contributed by atoms with Gasteiger partial charge in [0.05, 0.1) is 10.2 Å². The fourth-order valence-electron chi connectivity index (χ4n) is 3.04. The van der Waals surface area contributed by atoms with E-state index in [9.17, 15) is 0 Å². The molecule has 3 rings (SSSR count). The van der Waals surface area contributed by atoms with E-state index >= 15 is 0 Å². The highest BCUT2D eigenvalue weighted by Gasteiger charge is 2.21. The third kappa shape index (κ3) is 2.75. The Labute approximate surface area is 124 Å². The Bertz CT molecular complexity index is 590. The average molecular weight is 289 g/mol. The number of nitrogen functional groups attached to an aromatic ring is 1. The molecule has 1 atom stereocenters. The third-order valence-corrected chi connectivity index (χ3v) is 5.47. The molecule has 0 radical (unpaired) electrons. The Morgan fingerprint density at radius 2 is 2.15 bits per heavy atom. The van der Waals surface area contributed by atoms with E-state index in [-0.39, 0.29) is 0 Å². The van der Waals surface area contributed by atoms with Gasteiger partial charge in [-0.2, -0.15) is 0 Å². The topological polar surface area (TPSA) is 42.2 Å². The van der Waals surface area contributed by atoms with Crippen molar-refractivity contribution in [3.05, 3.63) is 18.2 Å². The fourth-order valence-corrected chi connectivity index (χ4v) is 4.11. The number of nitrogens with zero attached hydrogens (tertiary/aromatic N) is 2. The first-order valence-corrected chi connectivity index (χ1v) is 8.36. The van der Waals surface area contributed by atoms with E-state index in [1.165, 1.54) is 24.0 Å². The molecule has 4 heteroatoms. The number of nitrogens with two attached hydrogens (primary N) is 1. The van der Waals surface area contributed by atoms with Crippen LogP contribution >= 0.6 is 11.3 Å². The van der Waals surface area contributed by atoms with Gasteiger partial charge in [-0.1, -0.05) is 25.2 Å². The van der Waals surface area contributed by atoms with Crippen LogP contribution in [0, 0.1) is 11.8 Å². The van der Waals surface area contributed by atoms with E-state index in [1.807, 2.05) is 18.2 Å². The second-order valence-electron chi connectivity index (χ2n) is 6.15. The maximum absolute atomic E-state index is 5.85. The minimum Gasteiger partial charge on any atom is -0.399 e. The van der Waals surface area contributed by atoms with E-state index in [0.717, 1.165) is 41.3 Å². The first-order valence-electron chi connectivity index (χ1n) is 7.54. The van der Waals surface area contributed by atoms with Gasteiger partial charge in [0, 0.05) is 18.8 Å². The molecule has 1 fully saturated rings. The summed E-state index contributed by atoms with van der Waals surface area (Å²) >= 11 is 1.77. The molecule has 1 aromatic carbocycles. The number of anilines is 2. The summed E-state index contributed by atoms with van der Waals surface area (Å²) in [6.45, 7) is 6.97. The molecule has 0 saturated carbocycles. The van der Waals surface area contributed by atoms with Gasteiger partial charge in [0.15, 0.2) is 5.13 Å². The summed E-state index contributed by atoms with van der Waals surface area (Å²) in [5.41, 5.74) is 7.75. The molecule has 20 heavy (non-hydrogen) atoms. The highest BCUT2D eigenvalue weighted by Crippen LogP contribution is 2.33. The number of aromatic nitrogens is 1. The first-order chi connectivity index (χ1) is 9.63. The molecule has 0 spiro atoms. The number of benzene rings is 1. The lowest BCUT2D eigenvalue weighted by Gasteiger charge is -2.20. The van der Waals surface area contributed by atoms with Crippen LogP contribution in [0.4, 0.5) is 10.8 Å². The molecule has 2 N–H and O–H groups in total. The zero-order valence-corrected chi connectivity index (χ0v) is 13.1. The van der Waals surface area contributed by atoms with Crippen molar-refractivity contribution < 1.29 is 0 Å². The van der Waals surface area contributed by atoms with Gasteiger partial charge in [-0.05, 0) is 49.3 Å². The van der Waals surface area contributed by atoms with Crippen LogP contribution < -0.4 is 10.6 Å². The van der Waals surface area contributed by atoms with Crippen molar-refractivity contribution in [2.75, 3.05) is 23.7 Å². The van der Waals surface area contributed by atoms with Gasteiger partial charge in [-0.25, -0.2) is 4.98 Å². The van der Waals surface area contributed by atoms with Crippen LogP contribution in [0.5, 0.6) is 0 Å². The highest BCUT2D eigenvalue weighted by atomic mass is 32.1. The van der Waals surface area contributed by atoms with E-state index in [2.05, 4.69) is 18.7 Å². The molecular formula is C16H23N3S. The molecule has 2 heterocycles. The molecule has 0 aliphatic carbocycles. The minimum atomic E-state index is 0.796. The van der Waals surface area contributed by atoms with E-state index in [0.29, 0.717) is 0 Å². The molecule has 0 amide bonds. The van der Waals surface area contributed by atoms with Gasteiger partial charge in [-0.3, -0.25) is 0 Å². The van der Waals surface area contributed by atoms with E-state index < -0.39 is 0 Å². The Balaban J connectivity index is 1.80. The number of fused-ring (bicyclic) bond motifs is 1. The summed E-state index contributed by atoms with van der Waals surface area (Å²) in [6.07, 6.45) is 3.92. The SMILES string of the molecule is CC(C)C1CCCN(c2nc3ccc(N)cc3s2)CC1. The molecule has 1 unspecified atom stereocenters. The lowest BCUT2D eigenvalue weighted by Crippen LogP contribution is -2.24. The standard InChI is InChI=1S/C16H23N3S/c1-11(2)12-4-3-8-19(9-7-12)16-18-14-6-5-13(17)10-15(14)20-16/h5-6,10-12H,3-4,7-9,17H2,1-2H3. The molecule has 0 bridgehead atoms. The molecule has 2 aromatic rings. The Kier molecular flexibility index (Phi) is 3.83. The van der Waals surface area contributed by atoms with Gasteiger partial charge >= 0.3 is 0 Å². The second kappa shape index (κ2) is 5.60. The molecule has 1 aliphatic rings. The van der Waals surface area contributed by atoms with Crippen LogP contribution in [0.1, 0.15) is 33.1 Å². The van der Waals surface area contributed by atoms with Crippen molar-refractivity contribution in [2.45, 2.75) is 33.1 Å². The predicted octanol–water partition coefficient (Wildman–Crippen LogP) is 4.14. The van der Waals surface area contributed by atoms with Crippen molar-refractivity contribution >= 4 is 32.4 Å². The van der Waals surface area contributed by atoms with E-state index in [1.54, 1.807) is 11.3 Å². The van der Waals surface area contributed by atoms with Crippen molar-refractivity contribution in [3.8, 4) is 0 Å². The maximum Gasteiger partial charge on any atom is 0.186 e. The van der Waals surface area contributed by atoms with Crippen LogP contribution in [0.15, 0.2) is 18.2 Å². The third-order valence-electron chi connectivity index (χ3n) is 4.39. The lowest BCUT2D eigenvalue weighted by molar-refractivity contribution is 0.351. The summed E-state index contributed by atoms with van der Waals surface area (Å²) in [7, 11) is 0. The quantitative estimate of drug-likeness (QED) is 0.845. The van der Waals surface area contributed by atoms with Crippen LogP contribution in [0.2, 0.25) is 0 Å². The number of hydrogen-bond acceptors (Lipinski definition) is 4. The molecular weight excluding hydrogens is 266 g/mol. The highest BCUT2D eigenvalue weighted by molar-refractivity contribution is 7.22. The molecule has 3 nitrogen and oxygen atoms in total. The largest absolute Gasteiger partial charge is 0.399 e. The van der Waals surface area contributed by atoms with Crippen LogP contribution in [0.25, 0.3) is 10.2 Å². The summed E-state index contributed by atoms with van der Waals surface area (Å²) < 4.78 is 1.20. The number of hydrogen-bond donors (Lipinski definition) is 1. The smallest absolute Gasteiger partial charge is 0.186 e. The van der Waals surface area contributed by atoms with Gasteiger partial charge < -0.3 is 10.6 Å². The summed E-state index contributed by atoms with van der Waals surface area (Å²) in [4.78, 5) is 7.24. The van der Waals surface area contributed by atoms with Crippen LogP contribution in [-0.2, 0) is 0 Å². The van der Waals surface area contributed by atoms with Gasteiger partial charge in [-0.15, -0.1) is 0 Å². The van der Waals surface area contributed by atoms with Crippen LogP contribution in [0.3, 0.4) is 0 Å². The average Bonchev–Trinajstić information content (AvgIpc) is 2.67. The zero-order valence-electron chi connectivity index (χ0n) is 12.3. The molecule has 1 aromatic heterocycles. The molecule has 1 aliphatic heterocycles. The normalized spacial score (nSPS) is 20.6. The number of thiazole rings is 1. The Hall–Kier alpha value is -1.29. The maximum atomic E-state index is 5.85. The van der Waals surface area contributed by atoms with Crippen LogP contribution in [-0.4, -0.2) is 18.1 Å². The van der Waals surface area contributed by atoms with Crippen molar-refractivity contribution in [2.24, 2.45) is 11.8 Å². The minimum absolute atomic E-state index is 0.796. The summed E-state index contributed by atoms with van der Waals surface area (Å²) in [6, 6.07) is 5.99. The fraction of sp³-hybridized carbons (Fsp3) is 0.562. The first kappa shape index (κ1) is 13.7. The summed E-state index contributed by atoms with van der Waals surface area (Å²) in [5.74, 6) is 1.66. The Morgan fingerprint density at radius 1 is 1.30 bits per heavy atom.